The van der Waals surface area contributed by atoms with Crippen LogP contribution in [0.3, 0.4) is 0 Å². The van der Waals surface area contributed by atoms with Gasteiger partial charge in [-0.15, -0.1) is 0 Å². The summed E-state index contributed by atoms with van der Waals surface area (Å²) in [6.45, 7) is 3.95. The number of benzene rings is 1. The lowest BCUT2D eigenvalue weighted by atomic mass is 10.2. The Morgan fingerprint density at radius 1 is 1.21 bits per heavy atom. The van der Waals surface area contributed by atoms with E-state index in [1.165, 1.54) is 5.56 Å². The number of ether oxygens (including phenoxy) is 2. The second-order valence-corrected chi connectivity index (χ2v) is 4.51. The van der Waals surface area contributed by atoms with E-state index in [9.17, 15) is 0 Å². The SMILES string of the molecule is C[C@H](COCc1ccccc1)OCCc1ccn[nH]1. The van der Waals surface area contributed by atoms with Crippen molar-refractivity contribution in [2.45, 2.75) is 26.1 Å². The lowest BCUT2D eigenvalue weighted by Gasteiger charge is -2.13. The number of aromatic nitrogens is 2. The highest BCUT2D eigenvalue weighted by atomic mass is 16.5. The van der Waals surface area contributed by atoms with E-state index in [0.29, 0.717) is 19.8 Å². The summed E-state index contributed by atoms with van der Waals surface area (Å²) >= 11 is 0. The molecule has 0 aliphatic rings. The van der Waals surface area contributed by atoms with Crippen LogP contribution in [0.15, 0.2) is 42.6 Å². The topological polar surface area (TPSA) is 47.1 Å². The number of nitrogens with zero attached hydrogens (tertiary/aromatic N) is 1. The molecule has 19 heavy (non-hydrogen) atoms. The maximum absolute atomic E-state index is 5.68. The molecule has 0 amide bonds. The molecule has 102 valence electrons. The average molecular weight is 260 g/mol. The number of rotatable bonds is 8. The van der Waals surface area contributed by atoms with Gasteiger partial charge < -0.3 is 9.47 Å². The van der Waals surface area contributed by atoms with Crippen molar-refractivity contribution in [3.8, 4) is 0 Å². The van der Waals surface area contributed by atoms with Gasteiger partial charge >= 0.3 is 0 Å². The summed E-state index contributed by atoms with van der Waals surface area (Å²) in [4.78, 5) is 0. The molecule has 0 bridgehead atoms. The molecule has 2 aromatic rings. The number of hydrogen-bond donors (Lipinski definition) is 1. The van der Waals surface area contributed by atoms with Crippen LogP contribution in [0.2, 0.25) is 0 Å². The van der Waals surface area contributed by atoms with Crippen molar-refractivity contribution in [3.63, 3.8) is 0 Å². The minimum absolute atomic E-state index is 0.103. The van der Waals surface area contributed by atoms with Gasteiger partial charge in [-0.05, 0) is 18.6 Å². The van der Waals surface area contributed by atoms with Gasteiger partial charge in [0.25, 0.3) is 0 Å². The normalized spacial score (nSPS) is 12.5. The second kappa shape index (κ2) is 7.71. The summed E-state index contributed by atoms with van der Waals surface area (Å²) < 4.78 is 11.3. The van der Waals surface area contributed by atoms with Crippen LogP contribution < -0.4 is 0 Å². The molecule has 0 aliphatic heterocycles. The molecule has 2 rings (SSSR count). The standard InChI is InChI=1S/C15H20N2O2/c1-13(19-10-8-15-7-9-16-17-15)11-18-12-14-5-3-2-4-6-14/h2-7,9,13H,8,10-12H2,1H3,(H,16,17)/t13-/m1/s1. The van der Waals surface area contributed by atoms with Crippen molar-refractivity contribution < 1.29 is 9.47 Å². The molecule has 4 heteroatoms. The molecule has 0 radical (unpaired) electrons. The third-order valence-corrected chi connectivity index (χ3v) is 2.80. The molecule has 1 atom stereocenters. The molecule has 0 saturated heterocycles. The van der Waals surface area contributed by atoms with Crippen LogP contribution in [0.4, 0.5) is 0 Å². The molecule has 1 heterocycles. The fraction of sp³-hybridized carbons (Fsp3) is 0.400. The maximum Gasteiger partial charge on any atom is 0.0780 e. The zero-order valence-electron chi connectivity index (χ0n) is 11.2. The first-order chi connectivity index (χ1) is 9.34. The van der Waals surface area contributed by atoms with Crippen LogP contribution >= 0.6 is 0 Å². The smallest absolute Gasteiger partial charge is 0.0780 e. The molecule has 1 aromatic heterocycles. The van der Waals surface area contributed by atoms with Crippen LogP contribution in [0.25, 0.3) is 0 Å². The van der Waals surface area contributed by atoms with Crippen molar-refractivity contribution >= 4 is 0 Å². The average Bonchev–Trinajstić information content (AvgIpc) is 2.93. The van der Waals surface area contributed by atoms with E-state index in [4.69, 9.17) is 9.47 Å². The quantitative estimate of drug-likeness (QED) is 0.793. The molecule has 4 nitrogen and oxygen atoms in total. The Morgan fingerprint density at radius 2 is 2.05 bits per heavy atom. The molecule has 1 aromatic carbocycles. The summed E-state index contributed by atoms with van der Waals surface area (Å²) in [6, 6.07) is 12.1. The van der Waals surface area contributed by atoms with Crippen LogP contribution in [0, 0.1) is 0 Å². The minimum Gasteiger partial charge on any atom is -0.376 e. The van der Waals surface area contributed by atoms with E-state index in [1.54, 1.807) is 6.20 Å². The Morgan fingerprint density at radius 3 is 2.79 bits per heavy atom. The summed E-state index contributed by atoms with van der Waals surface area (Å²) in [5.74, 6) is 0. The molecule has 1 N–H and O–H groups in total. The summed E-state index contributed by atoms with van der Waals surface area (Å²) in [7, 11) is 0. The third-order valence-electron chi connectivity index (χ3n) is 2.80. The van der Waals surface area contributed by atoms with Gasteiger partial charge in [0.05, 0.1) is 25.9 Å². The second-order valence-electron chi connectivity index (χ2n) is 4.51. The summed E-state index contributed by atoms with van der Waals surface area (Å²) in [6.07, 6.45) is 2.71. The number of aromatic amines is 1. The lowest BCUT2D eigenvalue weighted by Crippen LogP contribution is -2.17. The Bertz CT molecular complexity index is 442. The van der Waals surface area contributed by atoms with Crippen molar-refractivity contribution in [1.82, 2.24) is 10.2 Å². The Kier molecular flexibility index (Phi) is 5.59. The first-order valence-electron chi connectivity index (χ1n) is 6.56. The van der Waals surface area contributed by atoms with Gasteiger partial charge in [0.15, 0.2) is 0 Å². The van der Waals surface area contributed by atoms with Gasteiger partial charge in [0, 0.05) is 18.3 Å². The van der Waals surface area contributed by atoms with E-state index in [1.807, 2.05) is 31.2 Å². The van der Waals surface area contributed by atoms with E-state index in [0.717, 1.165) is 12.1 Å². The Labute approximate surface area is 113 Å². The fourth-order valence-electron chi connectivity index (χ4n) is 1.76. The lowest BCUT2D eigenvalue weighted by molar-refractivity contribution is -0.0111. The summed E-state index contributed by atoms with van der Waals surface area (Å²) in [5, 5.41) is 6.81. The van der Waals surface area contributed by atoms with E-state index in [-0.39, 0.29) is 6.10 Å². The first kappa shape index (κ1) is 13.8. The predicted molar refractivity (Wildman–Crippen MR) is 73.8 cm³/mol. The molecule has 0 saturated carbocycles. The highest BCUT2D eigenvalue weighted by Crippen LogP contribution is 2.02. The van der Waals surface area contributed by atoms with Gasteiger partial charge in [-0.3, -0.25) is 5.10 Å². The van der Waals surface area contributed by atoms with E-state index < -0.39 is 0 Å². The largest absolute Gasteiger partial charge is 0.376 e. The first-order valence-corrected chi connectivity index (χ1v) is 6.56. The van der Waals surface area contributed by atoms with Crippen LogP contribution in [0.1, 0.15) is 18.2 Å². The van der Waals surface area contributed by atoms with Crippen molar-refractivity contribution in [2.75, 3.05) is 13.2 Å². The highest BCUT2D eigenvalue weighted by Gasteiger charge is 2.03. The van der Waals surface area contributed by atoms with Crippen molar-refractivity contribution in [1.29, 1.82) is 0 Å². The van der Waals surface area contributed by atoms with Gasteiger partial charge in [0.1, 0.15) is 0 Å². The molecular formula is C15H20N2O2. The monoisotopic (exact) mass is 260 g/mol. The predicted octanol–water partition coefficient (Wildman–Crippen LogP) is 2.57. The molecular weight excluding hydrogens is 240 g/mol. The number of nitrogens with one attached hydrogen (secondary N) is 1. The molecule has 0 spiro atoms. The number of hydrogen-bond acceptors (Lipinski definition) is 3. The van der Waals surface area contributed by atoms with Gasteiger partial charge in [-0.1, -0.05) is 30.3 Å². The van der Waals surface area contributed by atoms with Crippen LogP contribution in [-0.4, -0.2) is 29.5 Å². The van der Waals surface area contributed by atoms with Crippen molar-refractivity contribution in [2.24, 2.45) is 0 Å². The third kappa shape index (κ3) is 5.24. The molecule has 0 aliphatic carbocycles. The van der Waals surface area contributed by atoms with E-state index >= 15 is 0 Å². The van der Waals surface area contributed by atoms with Gasteiger partial charge in [0.2, 0.25) is 0 Å². The zero-order valence-corrected chi connectivity index (χ0v) is 11.2. The number of H-pyrrole nitrogens is 1. The minimum atomic E-state index is 0.103. The van der Waals surface area contributed by atoms with Gasteiger partial charge in [-0.25, -0.2) is 0 Å². The highest BCUT2D eigenvalue weighted by molar-refractivity contribution is 5.13. The molecule has 0 unspecified atom stereocenters. The van der Waals surface area contributed by atoms with E-state index in [2.05, 4.69) is 22.3 Å². The van der Waals surface area contributed by atoms with Crippen molar-refractivity contribution in [3.05, 3.63) is 53.9 Å². The van der Waals surface area contributed by atoms with Gasteiger partial charge in [-0.2, -0.15) is 5.10 Å². The van der Waals surface area contributed by atoms with Crippen LogP contribution in [-0.2, 0) is 22.5 Å². The molecule has 0 fully saturated rings. The Balaban J connectivity index is 1.56. The summed E-state index contributed by atoms with van der Waals surface area (Å²) in [5.41, 5.74) is 2.28. The fourth-order valence-corrected chi connectivity index (χ4v) is 1.76. The Hall–Kier alpha value is -1.65. The zero-order chi connectivity index (χ0) is 13.3. The maximum atomic E-state index is 5.68. The van der Waals surface area contributed by atoms with Crippen LogP contribution in [0.5, 0.6) is 0 Å².